The maximum atomic E-state index is 13.7. The summed E-state index contributed by atoms with van der Waals surface area (Å²) in [6.45, 7) is 1.55. The molecule has 0 fully saturated rings. The van der Waals surface area contributed by atoms with Gasteiger partial charge in [-0.05, 0) is 30.5 Å². The number of amides is 2. The highest BCUT2D eigenvalue weighted by atomic mass is 32.2. The number of nitrogens with zero attached hydrogens (tertiary/aromatic N) is 3. The van der Waals surface area contributed by atoms with Crippen molar-refractivity contribution in [2.75, 3.05) is 5.32 Å². The van der Waals surface area contributed by atoms with E-state index in [4.69, 9.17) is 5.73 Å². The number of benzene rings is 1. The zero-order valence-electron chi connectivity index (χ0n) is 14.3. The summed E-state index contributed by atoms with van der Waals surface area (Å²) in [7, 11) is 0. The molecular weight excluding hydrogens is 389 g/mol. The minimum atomic E-state index is -0.600. The smallest absolute Gasteiger partial charge is 0.237 e. The van der Waals surface area contributed by atoms with Crippen LogP contribution >= 0.6 is 23.1 Å². The summed E-state index contributed by atoms with van der Waals surface area (Å²) in [4.78, 5) is 24.7. The number of thioether (sulfide) groups is 1. The molecule has 3 rings (SSSR count). The van der Waals surface area contributed by atoms with Crippen LogP contribution in [0.4, 0.5) is 10.1 Å². The maximum Gasteiger partial charge on any atom is 0.237 e. The summed E-state index contributed by atoms with van der Waals surface area (Å²) in [5.74, 6) is -0.942. The summed E-state index contributed by atoms with van der Waals surface area (Å²) in [6, 6.07) is 9.64. The lowest BCUT2D eigenvalue weighted by molar-refractivity contribution is -0.118. The summed E-state index contributed by atoms with van der Waals surface area (Å²) >= 11 is 2.57. The lowest BCUT2D eigenvalue weighted by Crippen LogP contribution is -2.24. The quantitative estimate of drug-likeness (QED) is 0.589. The van der Waals surface area contributed by atoms with Crippen molar-refractivity contribution in [2.24, 2.45) is 5.73 Å². The molecule has 27 heavy (non-hydrogen) atoms. The van der Waals surface area contributed by atoms with Gasteiger partial charge in [0, 0.05) is 0 Å². The van der Waals surface area contributed by atoms with Crippen molar-refractivity contribution in [3.8, 4) is 10.7 Å². The van der Waals surface area contributed by atoms with Gasteiger partial charge < -0.3 is 11.1 Å². The number of nitrogens with one attached hydrogen (secondary N) is 1. The molecule has 140 valence electrons. The number of carbonyl (C=O) groups is 2. The second kappa shape index (κ2) is 8.31. The molecule has 0 bridgehead atoms. The molecule has 0 aliphatic carbocycles. The van der Waals surface area contributed by atoms with E-state index in [1.165, 1.54) is 23.5 Å². The first-order valence-corrected chi connectivity index (χ1v) is 9.69. The Hall–Kier alpha value is -2.72. The Balaban J connectivity index is 1.79. The molecule has 0 unspecified atom stereocenters. The van der Waals surface area contributed by atoms with Crippen molar-refractivity contribution in [1.29, 1.82) is 0 Å². The first-order valence-electron chi connectivity index (χ1n) is 7.93. The number of primary amides is 1. The fourth-order valence-corrected chi connectivity index (χ4v) is 3.84. The van der Waals surface area contributed by atoms with Gasteiger partial charge in [0.1, 0.15) is 12.4 Å². The molecule has 10 heteroatoms. The van der Waals surface area contributed by atoms with E-state index in [2.05, 4.69) is 15.5 Å². The van der Waals surface area contributed by atoms with E-state index in [9.17, 15) is 14.0 Å². The van der Waals surface area contributed by atoms with Crippen molar-refractivity contribution >= 4 is 40.6 Å². The first kappa shape index (κ1) is 19.1. The van der Waals surface area contributed by atoms with Gasteiger partial charge >= 0.3 is 0 Å². The number of rotatable bonds is 7. The molecule has 0 radical (unpaired) electrons. The number of halogens is 1. The minimum absolute atomic E-state index is 0.104. The molecular formula is C17H16FN5O2S2. The lowest BCUT2D eigenvalue weighted by atomic mass is 10.3. The van der Waals surface area contributed by atoms with E-state index in [1.807, 2.05) is 17.5 Å². The van der Waals surface area contributed by atoms with E-state index >= 15 is 0 Å². The summed E-state index contributed by atoms with van der Waals surface area (Å²) in [5, 5.41) is 12.4. The molecule has 0 saturated heterocycles. The highest BCUT2D eigenvalue weighted by Crippen LogP contribution is 2.29. The van der Waals surface area contributed by atoms with Crippen molar-refractivity contribution in [3.05, 3.63) is 47.6 Å². The number of para-hydroxylation sites is 1. The first-order chi connectivity index (χ1) is 13.0. The maximum absolute atomic E-state index is 13.7. The molecule has 3 N–H and O–H groups in total. The normalized spacial score (nSPS) is 11.9. The van der Waals surface area contributed by atoms with E-state index in [-0.39, 0.29) is 12.2 Å². The Labute approximate surface area is 162 Å². The summed E-state index contributed by atoms with van der Waals surface area (Å²) in [6.07, 6.45) is 0. The van der Waals surface area contributed by atoms with Gasteiger partial charge in [-0.15, -0.1) is 21.5 Å². The minimum Gasteiger partial charge on any atom is -0.368 e. The van der Waals surface area contributed by atoms with Gasteiger partial charge in [-0.2, -0.15) is 0 Å². The third-order valence-corrected chi connectivity index (χ3v) is 5.50. The lowest BCUT2D eigenvalue weighted by Gasteiger charge is -2.13. The van der Waals surface area contributed by atoms with Crippen LogP contribution in [0.25, 0.3) is 10.7 Å². The van der Waals surface area contributed by atoms with E-state index in [1.54, 1.807) is 23.6 Å². The van der Waals surface area contributed by atoms with Gasteiger partial charge in [0.2, 0.25) is 11.8 Å². The molecule has 0 saturated carbocycles. The molecule has 2 heterocycles. The van der Waals surface area contributed by atoms with Crippen molar-refractivity contribution in [2.45, 2.75) is 23.9 Å². The zero-order chi connectivity index (χ0) is 19.4. The van der Waals surface area contributed by atoms with Crippen LogP contribution in [-0.4, -0.2) is 31.8 Å². The topological polar surface area (TPSA) is 103 Å². The largest absolute Gasteiger partial charge is 0.368 e. The standard InChI is InChI=1S/C17H16FN5O2S2/c1-10(16(25)20-12-6-3-2-5-11(12)18)27-17-22-21-15(13-7-4-8-26-13)23(17)9-14(19)24/h2-8,10H,9H2,1H3,(H2,19,24)(H,20,25)/t10-/m0/s1. The van der Waals surface area contributed by atoms with Gasteiger partial charge in [-0.3, -0.25) is 14.2 Å². The molecule has 1 atom stereocenters. The monoisotopic (exact) mass is 405 g/mol. The molecule has 1 aromatic carbocycles. The Morgan fingerprint density at radius 2 is 2.07 bits per heavy atom. The van der Waals surface area contributed by atoms with Crippen LogP contribution in [0.3, 0.4) is 0 Å². The molecule has 2 amide bonds. The van der Waals surface area contributed by atoms with Crippen LogP contribution in [0.5, 0.6) is 0 Å². The highest BCUT2D eigenvalue weighted by molar-refractivity contribution is 8.00. The highest BCUT2D eigenvalue weighted by Gasteiger charge is 2.22. The third kappa shape index (κ3) is 4.52. The average Bonchev–Trinajstić information content (AvgIpc) is 3.27. The molecule has 0 spiro atoms. The predicted octanol–water partition coefficient (Wildman–Crippen LogP) is 2.75. The number of aromatic nitrogens is 3. The number of hydrogen-bond acceptors (Lipinski definition) is 6. The van der Waals surface area contributed by atoms with Gasteiger partial charge in [-0.25, -0.2) is 4.39 Å². The van der Waals surface area contributed by atoms with Crippen molar-refractivity contribution in [3.63, 3.8) is 0 Å². The van der Waals surface area contributed by atoms with Crippen molar-refractivity contribution < 1.29 is 14.0 Å². The summed E-state index contributed by atoms with van der Waals surface area (Å²) < 4.78 is 15.3. The molecule has 7 nitrogen and oxygen atoms in total. The van der Waals surface area contributed by atoms with E-state index in [0.29, 0.717) is 11.0 Å². The van der Waals surface area contributed by atoms with Gasteiger partial charge in [0.15, 0.2) is 11.0 Å². The number of nitrogens with two attached hydrogens (primary N) is 1. The van der Waals surface area contributed by atoms with E-state index in [0.717, 1.165) is 16.6 Å². The Bertz CT molecular complexity index is 958. The molecule has 0 aliphatic heterocycles. The molecule has 2 aromatic heterocycles. The molecule has 3 aromatic rings. The molecule has 0 aliphatic rings. The van der Waals surface area contributed by atoms with Gasteiger partial charge in [0.05, 0.1) is 15.8 Å². The Morgan fingerprint density at radius 1 is 1.30 bits per heavy atom. The fourth-order valence-electron chi connectivity index (χ4n) is 2.27. The predicted molar refractivity (Wildman–Crippen MR) is 103 cm³/mol. The number of hydrogen-bond donors (Lipinski definition) is 2. The van der Waals surface area contributed by atoms with Gasteiger partial charge in [-0.1, -0.05) is 30.0 Å². The van der Waals surface area contributed by atoms with Crippen LogP contribution in [0.2, 0.25) is 0 Å². The zero-order valence-corrected chi connectivity index (χ0v) is 15.9. The van der Waals surface area contributed by atoms with E-state index < -0.39 is 22.9 Å². The van der Waals surface area contributed by atoms with Crippen LogP contribution in [0.1, 0.15) is 6.92 Å². The van der Waals surface area contributed by atoms with Crippen LogP contribution < -0.4 is 11.1 Å². The number of anilines is 1. The van der Waals surface area contributed by atoms with Crippen LogP contribution in [0.15, 0.2) is 46.9 Å². The second-order valence-corrected chi connectivity index (χ2v) is 7.82. The van der Waals surface area contributed by atoms with Crippen LogP contribution in [0, 0.1) is 5.82 Å². The van der Waals surface area contributed by atoms with Crippen LogP contribution in [-0.2, 0) is 16.1 Å². The summed E-state index contributed by atoms with van der Waals surface area (Å²) in [5.41, 5.74) is 5.45. The average molecular weight is 405 g/mol. The van der Waals surface area contributed by atoms with Crippen molar-refractivity contribution in [1.82, 2.24) is 14.8 Å². The van der Waals surface area contributed by atoms with Gasteiger partial charge in [0.25, 0.3) is 0 Å². The Kier molecular flexibility index (Phi) is 5.87. The number of thiophene rings is 1. The number of carbonyl (C=O) groups excluding carboxylic acids is 2. The Morgan fingerprint density at radius 3 is 2.74 bits per heavy atom. The SMILES string of the molecule is C[C@H](Sc1nnc(-c2cccs2)n1CC(N)=O)C(=O)Nc1ccccc1F. The fraction of sp³-hybridized carbons (Fsp3) is 0.176. The second-order valence-electron chi connectivity index (χ2n) is 5.57. The third-order valence-electron chi connectivity index (χ3n) is 3.56.